The molecule has 0 saturated carbocycles. The lowest BCUT2D eigenvalue weighted by molar-refractivity contribution is -0.137. The number of hydrogen-bond donors (Lipinski definition) is 1. The molecule has 0 radical (unpaired) electrons. The van der Waals surface area contributed by atoms with Gasteiger partial charge in [0.25, 0.3) is 0 Å². The smallest absolute Gasteiger partial charge is 0.365 e. The predicted octanol–water partition coefficient (Wildman–Crippen LogP) is 3.96. The summed E-state index contributed by atoms with van der Waals surface area (Å²) in [5.74, 6) is 0.118. The van der Waals surface area contributed by atoms with E-state index in [1.165, 1.54) is 0 Å². The minimum atomic E-state index is -4.42. The second-order valence-electron chi connectivity index (χ2n) is 4.44. The number of rotatable bonds is 1. The van der Waals surface area contributed by atoms with Crippen molar-refractivity contribution in [1.82, 2.24) is 4.98 Å². The van der Waals surface area contributed by atoms with Crippen LogP contribution in [0.5, 0.6) is 0 Å². The molecule has 0 aliphatic carbocycles. The zero-order valence-electron chi connectivity index (χ0n) is 9.11. The van der Waals surface area contributed by atoms with Gasteiger partial charge in [0.15, 0.2) is 0 Å². The largest absolute Gasteiger partial charge is 0.416 e. The molecular formula is C10H12ClF3N2. The van der Waals surface area contributed by atoms with Crippen molar-refractivity contribution in [3.8, 4) is 0 Å². The van der Waals surface area contributed by atoms with Crippen molar-refractivity contribution < 1.29 is 13.2 Å². The van der Waals surface area contributed by atoms with E-state index in [4.69, 9.17) is 11.6 Å². The number of pyridine rings is 1. The summed E-state index contributed by atoms with van der Waals surface area (Å²) in [6.45, 7) is 5.47. The Bertz CT molecular complexity index is 383. The number of nitrogens with one attached hydrogen (secondary N) is 1. The first kappa shape index (κ1) is 13.1. The molecule has 90 valence electrons. The molecule has 0 aliphatic rings. The molecule has 1 N–H and O–H groups in total. The molecule has 0 fully saturated rings. The van der Waals surface area contributed by atoms with Gasteiger partial charge in [-0.15, -0.1) is 0 Å². The van der Waals surface area contributed by atoms with Crippen molar-refractivity contribution in [2.24, 2.45) is 0 Å². The number of aromatic nitrogens is 1. The highest BCUT2D eigenvalue weighted by Gasteiger charge is 2.31. The SMILES string of the molecule is CC(C)(C)Nc1cc(C(F)(F)F)cc(Cl)n1. The van der Waals surface area contributed by atoms with Crippen LogP contribution in [-0.2, 0) is 6.18 Å². The molecule has 6 heteroatoms. The molecule has 1 aromatic heterocycles. The summed E-state index contributed by atoms with van der Waals surface area (Å²) in [7, 11) is 0. The summed E-state index contributed by atoms with van der Waals surface area (Å²) >= 11 is 5.53. The first-order chi connectivity index (χ1) is 7.08. The highest BCUT2D eigenvalue weighted by molar-refractivity contribution is 6.29. The Kier molecular flexibility index (Phi) is 3.38. The fourth-order valence-electron chi connectivity index (χ4n) is 1.11. The van der Waals surface area contributed by atoms with Crippen molar-refractivity contribution in [1.29, 1.82) is 0 Å². The van der Waals surface area contributed by atoms with Crippen LogP contribution in [0.1, 0.15) is 26.3 Å². The Morgan fingerprint density at radius 3 is 2.19 bits per heavy atom. The van der Waals surface area contributed by atoms with Crippen LogP contribution in [0, 0.1) is 0 Å². The van der Waals surface area contributed by atoms with Crippen LogP contribution >= 0.6 is 11.6 Å². The third-order valence-corrected chi connectivity index (χ3v) is 1.82. The van der Waals surface area contributed by atoms with Crippen molar-refractivity contribution in [2.45, 2.75) is 32.5 Å². The third-order valence-electron chi connectivity index (χ3n) is 1.62. The van der Waals surface area contributed by atoms with E-state index >= 15 is 0 Å². The highest BCUT2D eigenvalue weighted by atomic mass is 35.5. The van der Waals surface area contributed by atoms with E-state index in [9.17, 15) is 13.2 Å². The minimum Gasteiger partial charge on any atom is -0.365 e. The predicted molar refractivity (Wildman–Crippen MR) is 57.6 cm³/mol. The molecule has 16 heavy (non-hydrogen) atoms. The Hall–Kier alpha value is -0.970. The maximum absolute atomic E-state index is 12.5. The minimum absolute atomic E-state index is 0.118. The van der Waals surface area contributed by atoms with Gasteiger partial charge < -0.3 is 5.32 Å². The molecule has 0 atom stereocenters. The molecule has 0 spiro atoms. The molecule has 1 heterocycles. The second-order valence-corrected chi connectivity index (χ2v) is 4.82. The zero-order chi connectivity index (χ0) is 12.6. The summed E-state index contributed by atoms with van der Waals surface area (Å²) in [6.07, 6.45) is -4.42. The average Bonchev–Trinajstić information content (AvgIpc) is 1.97. The monoisotopic (exact) mass is 252 g/mol. The molecule has 0 aliphatic heterocycles. The Labute approximate surface area is 96.8 Å². The van der Waals surface area contributed by atoms with Crippen LogP contribution in [0.15, 0.2) is 12.1 Å². The van der Waals surface area contributed by atoms with E-state index in [1.54, 1.807) is 0 Å². The van der Waals surface area contributed by atoms with Crippen LogP contribution in [0.25, 0.3) is 0 Å². The molecule has 1 aromatic rings. The van der Waals surface area contributed by atoms with Crippen LogP contribution in [0.3, 0.4) is 0 Å². The Morgan fingerprint density at radius 1 is 1.19 bits per heavy atom. The maximum Gasteiger partial charge on any atom is 0.416 e. The highest BCUT2D eigenvalue weighted by Crippen LogP contribution is 2.32. The van der Waals surface area contributed by atoms with Crippen molar-refractivity contribution in [3.05, 3.63) is 22.8 Å². The lowest BCUT2D eigenvalue weighted by Gasteiger charge is -2.22. The van der Waals surface area contributed by atoms with Gasteiger partial charge in [-0.25, -0.2) is 4.98 Å². The second kappa shape index (κ2) is 4.13. The number of anilines is 1. The molecule has 2 nitrogen and oxygen atoms in total. The molecular weight excluding hydrogens is 241 g/mol. The molecule has 1 rings (SSSR count). The van der Waals surface area contributed by atoms with E-state index in [0.29, 0.717) is 0 Å². The molecule has 0 bridgehead atoms. The van der Waals surface area contributed by atoms with E-state index < -0.39 is 11.7 Å². The third kappa shape index (κ3) is 3.89. The number of halogens is 4. The first-order valence-electron chi connectivity index (χ1n) is 4.61. The van der Waals surface area contributed by atoms with Crippen LogP contribution in [0.4, 0.5) is 19.0 Å². The quantitative estimate of drug-likeness (QED) is 0.765. The van der Waals surface area contributed by atoms with Crippen LogP contribution in [-0.4, -0.2) is 10.5 Å². The number of hydrogen-bond acceptors (Lipinski definition) is 2. The molecule has 0 amide bonds. The van der Waals surface area contributed by atoms with Gasteiger partial charge in [0.2, 0.25) is 0 Å². The Balaban J connectivity index is 3.09. The fourth-order valence-corrected chi connectivity index (χ4v) is 1.32. The van der Waals surface area contributed by atoms with E-state index in [0.717, 1.165) is 12.1 Å². The van der Waals surface area contributed by atoms with E-state index in [-0.39, 0.29) is 16.5 Å². The van der Waals surface area contributed by atoms with E-state index in [2.05, 4.69) is 10.3 Å². The number of nitrogens with zero attached hydrogens (tertiary/aromatic N) is 1. The van der Waals surface area contributed by atoms with Gasteiger partial charge in [-0.1, -0.05) is 11.6 Å². The molecule has 0 saturated heterocycles. The topological polar surface area (TPSA) is 24.9 Å². The van der Waals surface area contributed by atoms with Gasteiger partial charge in [0.1, 0.15) is 11.0 Å². The van der Waals surface area contributed by atoms with Crippen LogP contribution in [0.2, 0.25) is 5.15 Å². The van der Waals surface area contributed by atoms with Crippen molar-refractivity contribution in [3.63, 3.8) is 0 Å². The maximum atomic E-state index is 12.5. The molecule has 0 unspecified atom stereocenters. The Morgan fingerprint density at radius 2 is 1.75 bits per heavy atom. The lowest BCUT2D eigenvalue weighted by Crippen LogP contribution is -2.27. The molecule has 0 aromatic carbocycles. The average molecular weight is 253 g/mol. The van der Waals surface area contributed by atoms with E-state index in [1.807, 2.05) is 20.8 Å². The van der Waals surface area contributed by atoms with Crippen molar-refractivity contribution >= 4 is 17.4 Å². The summed E-state index contributed by atoms with van der Waals surface area (Å²) in [6, 6.07) is 1.74. The fraction of sp³-hybridized carbons (Fsp3) is 0.500. The van der Waals surface area contributed by atoms with Gasteiger partial charge in [0, 0.05) is 5.54 Å². The standard InChI is InChI=1S/C10H12ClF3N2/c1-9(2,3)16-8-5-6(10(12,13)14)4-7(11)15-8/h4-5H,1-3H3,(H,15,16). The lowest BCUT2D eigenvalue weighted by atomic mass is 10.1. The van der Waals surface area contributed by atoms with Crippen LogP contribution < -0.4 is 5.32 Å². The first-order valence-corrected chi connectivity index (χ1v) is 4.99. The van der Waals surface area contributed by atoms with Gasteiger partial charge in [0.05, 0.1) is 5.56 Å². The van der Waals surface area contributed by atoms with Crippen molar-refractivity contribution in [2.75, 3.05) is 5.32 Å². The van der Waals surface area contributed by atoms with Gasteiger partial charge in [-0.3, -0.25) is 0 Å². The summed E-state index contributed by atoms with van der Waals surface area (Å²) < 4.78 is 37.4. The van der Waals surface area contributed by atoms with Gasteiger partial charge in [-0.2, -0.15) is 13.2 Å². The number of alkyl halides is 3. The zero-order valence-corrected chi connectivity index (χ0v) is 9.87. The van der Waals surface area contributed by atoms with Gasteiger partial charge >= 0.3 is 6.18 Å². The summed E-state index contributed by atoms with van der Waals surface area (Å²) in [5.41, 5.74) is -1.18. The summed E-state index contributed by atoms with van der Waals surface area (Å²) in [4.78, 5) is 3.79. The normalized spacial score (nSPS) is 12.7. The van der Waals surface area contributed by atoms with Gasteiger partial charge in [-0.05, 0) is 32.9 Å². The summed E-state index contributed by atoms with van der Waals surface area (Å²) in [5, 5.41) is 2.66.